The molecule has 0 saturated heterocycles. The molecule has 2 rings (SSSR count). The lowest BCUT2D eigenvalue weighted by atomic mass is 10.1. The van der Waals surface area contributed by atoms with E-state index in [1.165, 1.54) is 12.1 Å². The molecule has 2 aromatic rings. The molecule has 0 aliphatic carbocycles. The standard InChI is InChI=1S/C13H12ClFIN3/c1-6(2)11-10(16)12(17)19-13(18-11)7-3-4-8(14)9(15)5-7/h3-6H,1-2H3,(H2,17,18,19). The molecule has 2 N–H and O–H groups in total. The first-order valence-electron chi connectivity index (χ1n) is 5.68. The molecule has 0 unspecified atom stereocenters. The summed E-state index contributed by atoms with van der Waals surface area (Å²) in [4.78, 5) is 8.67. The van der Waals surface area contributed by atoms with Crippen LogP contribution >= 0.6 is 34.2 Å². The first-order chi connectivity index (χ1) is 8.90. The number of hydrogen-bond donors (Lipinski definition) is 1. The first kappa shape index (κ1) is 14.5. The zero-order chi connectivity index (χ0) is 14.2. The lowest BCUT2D eigenvalue weighted by Crippen LogP contribution is -2.06. The van der Waals surface area contributed by atoms with Crippen molar-refractivity contribution in [3.8, 4) is 11.4 Å². The maximum atomic E-state index is 13.5. The fourth-order valence-corrected chi connectivity index (χ4v) is 2.61. The average Bonchev–Trinajstić information content (AvgIpc) is 2.35. The van der Waals surface area contributed by atoms with Gasteiger partial charge in [0.2, 0.25) is 0 Å². The van der Waals surface area contributed by atoms with E-state index in [-0.39, 0.29) is 10.9 Å². The van der Waals surface area contributed by atoms with Gasteiger partial charge in [0.05, 0.1) is 14.3 Å². The average molecular weight is 392 g/mol. The number of anilines is 1. The SMILES string of the molecule is CC(C)c1nc(-c2ccc(Cl)c(F)c2)nc(N)c1I. The number of nitrogen functional groups attached to an aromatic ring is 1. The van der Waals surface area contributed by atoms with E-state index in [0.717, 1.165) is 9.26 Å². The first-order valence-corrected chi connectivity index (χ1v) is 7.14. The van der Waals surface area contributed by atoms with Crippen LogP contribution in [0, 0.1) is 9.39 Å². The van der Waals surface area contributed by atoms with Crippen LogP contribution in [-0.2, 0) is 0 Å². The zero-order valence-electron chi connectivity index (χ0n) is 10.4. The molecule has 0 saturated carbocycles. The van der Waals surface area contributed by atoms with Gasteiger partial charge in [-0.25, -0.2) is 14.4 Å². The summed E-state index contributed by atoms with van der Waals surface area (Å²) in [6.45, 7) is 4.05. The van der Waals surface area contributed by atoms with Crippen molar-refractivity contribution in [2.45, 2.75) is 19.8 Å². The van der Waals surface area contributed by atoms with Crippen LogP contribution in [0.4, 0.5) is 10.2 Å². The number of halogens is 3. The second-order valence-corrected chi connectivity index (χ2v) is 5.90. The minimum absolute atomic E-state index is 0.0753. The molecule has 0 atom stereocenters. The Balaban J connectivity index is 2.59. The molecule has 6 heteroatoms. The second kappa shape index (κ2) is 5.58. The van der Waals surface area contributed by atoms with Gasteiger partial charge in [-0.3, -0.25) is 0 Å². The van der Waals surface area contributed by atoms with Gasteiger partial charge in [-0.15, -0.1) is 0 Å². The second-order valence-electron chi connectivity index (χ2n) is 4.42. The third kappa shape index (κ3) is 2.97. The van der Waals surface area contributed by atoms with Gasteiger partial charge in [0.1, 0.15) is 11.6 Å². The molecule has 0 amide bonds. The van der Waals surface area contributed by atoms with Gasteiger partial charge < -0.3 is 5.73 Å². The molecule has 0 fully saturated rings. The highest BCUT2D eigenvalue weighted by Gasteiger charge is 2.14. The molecule has 0 aliphatic heterocycles. The molecule has 100 valence electrons. The van der Waals surface area contributed by atoms with Crippen molar-refractivity contribution in [2.75, 3.05) is 5.73 Å². The van der Waals surface area contributed by atoms with Crippen LogP contribution in [0.3, 0.4) is 0 Å². The normalized spacial score (nSPS) is 11.1. The number of rotatable bonds is 2. The Kier molecular flexibility index (Phi) is 4.25. The van der Waals surface area contributed by atoms with Crippen molar-refractivity contribution >= 4 is 40.0 Å². The van der Waals surface area contributed by atoms with E-state index >= 15 is 0 Å². The molecular weight excluding hydrogens is 380 g/mol. The van der Waals surface area contributed by atoms with Crippen LogP contribution in [0.15, 0.2) is 18.2 Å². The van der Waals surface area contributed by atoms with E-state index in [2.05, 4.69) is 32.6 Å². The fraction of sp³-hybridized carbons (Fsp3) is 0.231. The minimum atomic E-state index is -0.494. The molecule has 1 aromatic carbocycles. The Morgan fingerprint density at radius 2 is 2.00 bits per heavy atom. The number of aromatic nitrogens is 2. The number of nitrogens with two attached hydrogens (primary N) is 1. The van der Waals surface area contributed by atoms with Crippen LogP contribution in [-0.4, -0.2) is 9.97 Å². The smallest absolute Gasteiger partial charge is 0.161 e. The Labute approximate surface area is 129 Å². The van der Waals surface area contributed by atoms with Crippen LogP contribution < -0.4 is 5.73 Å². The number of benzene rings is 1. The molecule has 3 nitrogen and oxygen atoms in total. The molecule has 0 aliphatic rings. The summed E-state index contributed by atoms with van der Waals surface area (Å²) < 4.78 is 14.3. The van der Waals surface area contributed by atoms with E-state index in [9.17, 15) is 4.39 Å². The summed E-state index contributed by atoms with van der Waals surface area (Å²) in [6.07, 6.45) is 0. The third-order valence-corrected chi connectivity index (χ3v) is 4.04. The van der Waals surface area contributed by atoms with Gasteiger partial charge in [-0.05, 0) is 46.7 Å². The lowest BCUT2D eigenvalue weighted by Gasteiger charge is -2.11. The highest BCUT2D eigenvalue weighted by atomic mass is 127. The summed E-state index contributed by atoms with van der Waals surface area (Å²) in [5, 5.41) is 0.0753. The number of nitrogens with zero attached hydrogens (tertiary/aromatic N) is 2. The number of hydrogen-bond acceptors (Lipinski definition) is 3. The summed E-state index contributed by atoms with van der Waals surface area (Å²) in [5.41, 5.74) is 7.31. The van der Waals surface area contributed by atoms with Crippen LogP contribution in [0.1, 0.15) is 25.5 Å². The molecule has 0 spiro atoms. The van der Waals surface area contributed by atoms with Crippen molar-refractivity contribution < 1.29 is 4.39 Å². The Bertz CT molecular complexity index is 632. The summed E-state index contributed by atoms with van der Waals surface area (Å²) in [7, 11) is 0. The monoisotopic (exact) mass is 391 g/mol. The maximum Gasteiger partial charge on any atom is 0.161 e. The molecule has 19 heavy (non-hydrogen) atoms. The molecule has 0 bridgehead atoms. The van der Waals surface area contributed by atoms with Crippen LogP contribution in [0.5, 0.6) is 0 Å². The highest BCUT2D eigenvalue weighted by molar-refractivity contribution is 14.1. The van der Waals surface area contributed by atoms with E-state index in [4.69, 9.17) is 17.3 Å². The van der Waals surface area contributed by atoms with Crippen molar-refractivity contribution in [1.29, 1.82) is 0 Å². The summed E-state index contributed by atoms with van der Waals surface area (Å²) in [5.74, 6) is 0.543. The lowest BCUT2D eigenvalue weighted by molar-refractivity contribution is 0.628. The highest BCUT2D eigenvalue weighted by Crippen LogP contribution is 2.28. The summed E-state index contributed by atoms with van der Waals surface area (Å²) >= 11 is 7.79. The van der Waals surface area contributed by atoms with E-state index in [1.807, 2.05) is 13.8 Å². The summed E-state index contributed by atoms with van der Waals surface area (Å²) in [6, 6.07) is 4.48. The van der Waals surface area contributed by atoms with E-state index < -0.39 is 5.82 Å². The molecular formula is C13H12ClFIN3. The predicted molar refractivity (Wildman–Crippen MR) is 83.7 cm³/mol. The Morgan fingerprint density at radius 3 is 2.58 bits per heavy atom. The van der Waals surface area contributed by atoms with Gasteiger partial charge in [0.25, 0.3) is 0 Å². The topological polar surface area (TPSA) is 51.8 Å². The molecule has 1 heterocycles. The Morgan fingerprint density at radius 1 is 1.32 bits per heavy atom. The van der Waals surface area contributed by atoms with E-state index in [0.29, 0.717) is 17.2 Å². The predicted octanol–water partition coefficient (Wildman–Crippen LogP) is 4.25. The van der Waals surface area contributed by atoms with E-state index in [1.54, 1.807) is 6.07 Å². The fourth-order valence-electron chi connectivity index (χ4n) is 1.63. The quantitative estimate of drug-likeness (QED) is 0.779. The van der Waals surface area contributed by atoms with Crippen molar-refractivity contribution in [2.24, 2.45) is 0 Å². The van der Waals surface area contributed by atoms with Gasteiger partial charge >= 0.3 is 0 Å². The largest absolute Gasteiger partial charge is 0.383 e. The van der Waals surface area contributed by atoms with Gasteiger partial charge in [0, 0.05) is 5.56 Å². The zero-order valence-corrected chi connectivity index (χ0v) is 13.3. The molecule has 0 radical (unpaired) electrons. The van der Waals surface area contributed by atoms with Crippen molar-refractivity contribution in [1.82, 2.24) is 9.97 Å². The Hall–Kier alpha value is -0.950. The van der Waals surface area contributed by atoms with Gasteiger partial charge in [-0.2, -0.15) is 0 Å². The van der Waals surface area contributed by atoms with Gasteiger partial charge in [-0.1, -0.05) is 25.4 Å². The van der Waals surface area contributed by atoms with Crippen molar-refractivity contribution in [3.05, 3.63) is 38.3 Å². The molecule has 1 aromatic heterocycles. The van der Waals surface area contributed by atoms with Crippen LogP contribution in [0.25, 0.3) is 11.4 Å². The maximum absolute atomic E-state index is 13.5. The third-order valence-electron chi connectivity index (χ3n) is 2.63. The minimum Gasteiger partial charge on any atom is -0.383 e. The van der Waals surface area contributed by atoms with Gasteiger partial charge in [0.15, 0.2) is 5.82 Å². The van der Waals surface area contributed by atoms with Crippen LogP contribution in [0.2, 0.25) is 5.02 Å². The van der Waals surface area contributed by atoms with Crippen molar-refractivity contribution in [3.63, 3.8) is 0 Å².